The van der Waals surface area contributed by atoms with E-state index >= 15 is 0 Å². The first-order valence-corrected chi connectivity index (χ1v) is 7.22. The summed E-state index contributed by atoms with van der Waals surface area (Å²) in [6, 6.07) is 6.72. The summed E-state index contributed by atoms with van der Waals surface area (Å²) in [5, 5.41) is 9.68. The molecular weight excluding hydrogens is 222 g/mol. The Kier molecular flexibility index (Phi) is 3.06. The quantitative estimate of drug-likeness (QED) is 0.821. The molecule has 3 atom stereocenters. The predicted molar refractivity (Wildman–Crippen MR) is 74.0 cm³/mol. The predicted octanol–water partition coefficient (Wildman–Crippen LogP) is 3.15. The van der Waals surface area contributed by atoms with Crippen LogP contribution in [-0.2, 0) is 6.42 Å². The van der Waals surface area contributed by atoms with Crippen LogP contribution < -0.4 is 0 Å². The number of benzene rings is 1. The van der Waals surface area contributed by atoms with Crippen LogP contribution >= 0.6 is 0 Å². The molecule has 1 aliphatic heterocycles. The Bertz CT molecular complexity index is 443. The summed E-state index contributed by atoms with van der Waals surface area (Å²) in [6.07, 6.45) is 4.98. The zero-order valence-corrected chi connectivity index (χ0v) is 11.4. The van der Waals surface area contributed by atoms with E-state index in [0.717, 1.165) is 12.3 Å². The van der Waals surface area contributed by atoms with E-state index in [1.54, 1.807) is 0 Å². The van der Waals surface area contributed by atoms with Crippen LogP contribution in [0.15, 0.2) is 18.2 Å². The van der Waals surface area contributed by atoms with Crippen LogP contribution in [0, 0.1) is 5.92 Å². The maximum absolute atomic E-state index is 9.68. The Morgan fingerprint density at radius 1 is 1.39 bits per heavy atom. The molecule has 0 radical (unpaired) electrons. The number of phenolic OH excluding ortho intramolecular Hbond substituents is 1. The Hall–Kier alpha value is -1.02. The highest BCUT2D eigenvalue weighted by atomic mass is 16.3. The van der Waals surface area contributed by atoms with Gasteiger partial charge in [-0.25, -0.2) is 0 Å². The minimum atomic E-state index is 0.422. The molecule has 2 heteroatoms. The third kappa shape index (κ3) is 1.83. The average molecular weight is 245 g/mol. The number of aromatic hydroxyl groups is 1. The standard InChI is InChI=1S/C16H23NO/c1-3-11-9-12-10-13(18)6-7-14(12)15-5-4-8-17(2)16(11)15/h6-7,10-11,15-16,18H,3-5,8-9H2,1-2H3. The molecule has 1 heterocycles. The molecule has 0 saturated carbocycles. The number of fused-ring (bicyclic) bond motifs is 3. The fraction of sp³-hybridized carbons (Fsp3) is 0.625. The summed E-state index contributed by atoms with van der Waals surface area (Å²) in [4.78, 5) is 2.57. The van der Waals surface area contributed by atoms with Gasteiger partial charge in [0.25, 0.3) is 0 Å². The zero-order chi connectivity index (χ0) is 12.7. The number of likely N-dealkylation sites (N-methyl/N-ethyl adjacent to an activating group) is 1. The second-order valence-electron chi connectivity index (χ2n) is 5.98. The van der Waals surface area contributed by atoms with Crippen LogP contribution in [0.2, 0.25) is 0 Å². The topological polar surface area (TPSA) is 23.5 Å². The second kappa shape index (κ2) is 4.58. The summed E-state index contributed by atoms with van der Waals surface area (Å²) in [7, 11) is 2.28. The summed E-state index contributed by atoms with van der Waals surface area (Å²) in [5.41, 5.74) is 2.88. The van der Waals surface area contributed by atoms with Crippen molar-refractivity contribution in [1.82, 2.24) is 4.90 Å². The summed E-state index contributed by atoms with van der Waals surface area (Å²) >= 11 is 0. The molecule has 1 aromatic carbocycles. The molecule has 1 fully saturated rings. The van der Waals surface area contributed by atoms with Crippen LogP contribution in [0.5, 0.6) is 5.75 Å². The lowest BCUT2D eigenvalue weighted by molar-refractivity contribution is 0.0937. The van der Waals surface area contributed by atoms with E-state index in [0.29, 0.717) is 17.7 Å². The molecule has 0 bridgehead atoms. The molecule has 98 valence electrons. The van der Waals surface area contributed by atoms with Crippen molar-refractivity contribution >= 4 is 0 Å². The molecule has 1 saturated heterocycles. The molecule has 0 aromatic heterocycles. The van der Waals surface area contributed by atoms with Gasteiger partial charge < -0.3 is 10.0 Å². The Labute approximate surface area is 110 Å². The van der Waals surface area contributed by atoms with Crippen LogP contribution in [-0.4, -0.2) is 29.6 Å². The van der Waals surface area contributed by atoms with Crippen LogP contribution in [0.4, 0.5) is 0 Å². The Morgan fingerprint density at radius 3 is 3.00 bits per heavy atom. The second-order valence-corrected chi connectivity index (χ2v) is 5.98. The maximum Gasteiger partial charge on any atom is 0.115 e. The molecule has 18 heavy (non-hydrogen) atoms. The molecule has 3 rings (SSSR count). The number of likely N-dealkylation sites (tertiary alicyclic amines) is 1. The fourth-order valence-corrected chi connectivity index (χ4v) is 4.14. The SMILES string of the molecule is CCC1Cc2cc(O)ccc2C2CCCN(C)C12. The normalized spacial score (nSPS) is 31.8. The minimum absolute atomic E-state index is 0.422. The van der Waals surface area contributed by atoms with E-state index in [-0.39, 0.29) is 0 Å². The Morgan fingerprint density at radius 2 is 2.22 bits per heavy atom. The van der Waals surface area contributed by atoms with Crippen LogP contribution in [0.3, 0.4) is 0 Å². The third-order valence-corrected chi connectivity index (χ3v) is 4.96. The van der Waals surface area contributed by atoms with Gasteiger partial charge in [-0.2, -0.15) is 0 Å². The van der Waals surface area contributed by atoms with E-state index in [1.165, 1.54) is 36.9 Å². The van der Waals surface area contributed by atoms with Gasteiger partial charge in [0.2, 0.25) is 0 Å². The summed E-state index contributed by atoms with van der Waals surface area (Å²) in [6.45, 7) is 3.54. The number of hydrogen-bond acceptors (Lipinski definition) is 2. The van der Waals surface area contributed by atoms with Crippen molar-refractivity contribution in [3.63, 3.8) is 0 Å². The average Bonchev–Trinajstić information content (AvgIpc) is 2.37. The van der Waals surface area contributed by atoms with Gasteiger partial charge in [0, 0.05) is 12.0 Å². The van der Waals surface area contributed by atoms with Crippen LogP contribution in [0.1, 0.15) is 43.2 Å². The van der Waals surface area contributed by atoms with Crippen molar-refractivity contribution in [2.75, 3.05) is 13.6 Å². The molecule has 2 aliphatic rings. The molecule has 0 amide bonds. The minimum Gasteiger partial charge on any atom is -0.508 e. The fourth-order valence-electron chi connectivity index (χ4n) is 4.14. The van der Waals surface area contributed by atoms with Crippen molar-refractivity contribution in [3.8, 4) is 5.75 Å². The van der Waals surface area contributed by atoms with Gasteiger partial charge in [0.15, 0.2) is 0 Å². The summed E-state index contributed by atoms with van der Waals surface area (Å²) in [5.74, 6) is 1.85. The number of nitrogens with zero attached hydrogens (tertiary/aromatic N) is 1. The van der Waals surface area contributed by atoms with Gasteiger partial charge in [-0.05, 0) is 62.0 Å². The van der Waals surface area contributed by atoms with Crippen molar-refractivity contribution in [3.05, 3.63) is 29.3 Å². The lowest BCUT2D eigenvalue weighted by atomic mass is 9.68. The first-order chi connectivity index (χ1) is 8.70. The molecule has 3 unspecified atom stereocenters. The van der Waals surface area contributed by atoms with E-state index in [4.69, 9.17) is 0 Å². The summed E-state index contributed by atoms with van der Waals surface area (Å²) < 4.78 is 0. The lowest BCUT2D eigenvalue weighted by Crippen LogP contribution is -2.49. The number of piperidine rings is 1. The van der Waals surface area contributed by atoms with Crippen molar-refractivity contribution in [2.45, 2.75) is 44.6 Å². The van der Waals surface area contributed by atoms with E-state index in [9.17, 15) is 5.11 Å². The number of rotatable bonds is 1. The first kappa shape index (κ1) is 12.0. The number of phenols is 1. The van der Waals surface area contributed by atoms with Gasteiger partial charge in [-0.15, -0.1) is 0 Å². The molecule has 2 nitrogen and oxygen atoms in total. The highest BCUT2D eigenvalue weighted by Crippen LogP contribution is 2.44. The highest BCUT2D eigenvalue weighted by Gasteiger charge is 2.39. The van der Waals surface area contributed by atoms with Crippen molar-refractivity contribution in [2.24, 2.45) is 5.92 Å². The van der Waals surface area contributed by atoms with Gasteiger partial charge >= 0.3 is 0 Å². The largest absolute Gasteiger partial charge is 0.508 e. The van der Waals surface area contributed by atoms with Gasteiger partial charge in [-0.3, -0.25) is 0 Å². The highest BCUT2D eigenvalue weighted by molar-refractivity contribution is 5.40. The zero-order valence-electron chi connectivity index (χ0n) is 11.4. The maximum atomic E-state index is 9.68. The van der Waals surface area contributed by atoms with E-state index in [1.807, 2.05) is 12.1 Å². The molecular formula is C16H23NO. The smallest absolute Gasteiger partial charge is 0.115 e. The van der Waals surface area contributed by atoms with Crippen molar-refractivity contribution < 1.29 is 5.11 Å². The lowest BCUT2D eigenvalue weighted by Gasteiger charge is -2.47. The molecule has 1 aliphatic carbocycles. The monoisotopic (exact) mass is 245 g/mol. The molecule has 1 aromatic rings. The van der Waals surface area contributed by atoms with Gasteiger partial charge in [0.1, 0.15) is 5.75 Å². The first-order valence-electron chi connectivity index (χ1n) is 7.22. The van der Waals surface area contributed by atoms with Gasteiger partial charge in [-0.1, -0.05) is 19.4 Å². The number of hydrogen-bond donors (Lipinski definition) is 1. The van der Waals surface area contributed by atoms with E-state index in [2.05, 4.69) is 24.9 Å². The van der Waals surface area contributed by atoms with Crippen molar-refractivity contribution in [1.29, 1.82) is 0 Å². The van der Waals surface area contributed by atoms with Crippen LogP contribution in [0.25, 0.3) is 0 Å². The third-order valence-electron chi connectivity index (χ3n) is 4.96. The van der Waals surface area contributed by atoms with Gasteiger partial charge in [0.05, 0.1) is 0 Å². The Balaban J connectivity index is 2.03. The molecule has 0 spiro atoms. The molecule has 1 N–H and O–H groups in total. The van der Waals surface area contributed by atoms with E-state index < -0.39 is 0 Å².